The van der Waals surface area contributed by atoms with Crippen molar-refractivity contribution in [2.45, 2.75) is 39.4 Å². The number of aromatic nitrogens is 1. The molecule has 0 saturated carbocycles. The number of rotatable bonds is 3. The second kappa shape index (κ2) is 4.31. The van der Waals surface area contributed by atoms with Crippen molar-refractivity contribution in [3.05, 3.63) is 16.1 Å². The predicted octanol–water partition coefficient (Wildman–Crippen LogP) is 3.11. The Morgan fingerprint density at radius 2 is 1.78 bits per heavy atom. The summed E-state index contributed by atoms with van der Waals surface area (Å²) in [5.41, 5.74) is 4.07. The molecule has 1 aromatic heterocycles. The van der Waals surface area contributed by atoms with Gasteiger partial charge >= 0.3 is 6.18 Å². The highest BCUT2D eigenvalue weighted by Gasteiger charge is 2.43. The van der Waals surface area contributed by atoms with E-state index in [4.69, 9.17) is 5.73 Å². The van der Waals surface area contributed by atoms with Crippen LogP contribution in [0.2, 0.25) is 0 Å². The fraction of sp³-hybridized carbons (Fsp3) is 0.636. The van der Waals surface area contributed by atoms with Crippen LogP contribution in [0, 0.1) is 5.41 Å². The third-order valence-electron chi connectivity index (χ3n) is 3.15. The average Bonchev–Trinajstić information content (AvgIpc) is 2.62. The van der Waals surface area contributed by atoms with Crippen LogP contribution in [0.4, 0.5) is 13.2 Å². The molecule has 18 heavy (non-hydrogen) atoms. The van der Waals surface area contributed by atoms with E-state index >= 15 is 0 Å². The maximum absolute atomic E-state index is 12.4. The minimum Gasteiger partial charge on any atom is -0.325 e. The summed E-state index contributed by atoms with van der Waals surface area (Å²) >= 11 is 0.350. The lowest BCUT2D eigenvalue weighted by Gasteiger charge is -2.36. The number of halogens is 3. The molecule has 0 saturated heterocycles. The van der Waals surface area contributed by atoms with Crippen molar-refractivity contribution >= 4 is 17.1 Å². The summed E-state index contributed by atoms with van der Waals surface area (Å²) in [4.78, 5) is 15.4. The third-order valence-corrected chi connectivity index (χ3v) is 4.19. The number of ketones is 1. The Morgan fingerprint density at radius 1 is 1.28 bits per heavy atom. The van der Waals surface area contributed by atoms with Crippen molar-refractivity contribution in [1.82, 2.24) is 4.98 Å². The van der Waals surface area contributed by atoms with Gasteiger partial charge < -0.3 is 5.73 Å². The van der Waals surface area contributed by atoms with Crippen LogP contribution in [0.5, 0.6) is 0 Å². The SMILES string of the molecule is CC(C)(N)C(C)(C)C(=O)c1cnc(C(F)(F)F)s1. The number of Topliss-reactive ketones (excluding diaryl/α,β-unsaturated/α-hetero) is 1. The zero-order valence-electron chi connectivity index (χ0n) is 10.6. The van der Waals surface area contributed by atoms with Crippen LogP contribution >= 0.6 is 11.3 Å². The lowest BCUT2D eigenvalue weighted by atomic mass is 9.72. The first kappa shape index (κ1) is 15.1. The number of nitrogens with zero attached hydrogens (tertiary/aromatic N) is 1. The summed E-state index contributed by atoms with van der Waals surface area (Å²) in [5.74, 6) is -0.428. The minimum absolute atomic E-state index is 0.0224. The van der Waals surface area contributed by atoms with Gasteiger partial charge in [0.15, 0.2) is 10.8 Å². The summed E-state index contributed by atoms with van der Waals surface area (Å²) in [6, 6.07) is 0. The van der Waals surface area contributed by atoms with E-state index in [0.717, 1.165) is 6.20 Å². The summed E-state index contributed by atoms with van der Waals surface area (Å²) in [6.07, 6.45) is -3.56. The standard InChI is InChI=1S/C11H15F3N2OS/c1-9(2,10(3,4)15)7(17)6-5-16-8(18-6)11(12,13)14/h5H,15H2,1-4H3. The van der Waals surface area contributed by atoms with Crippen molar-refractivity contribution < 1.29 is 18.0 Å². The number of nitrogens with two attached hydrogens (primary N) is 1. The highest BCUT2D eigenvalue weighted by molar-refractivity contribution is 7.13. The Balaban J connectivity index is 3.10. The molecule has 7 heteroatoms. The van der Waals surface area contributed by atoms with Crippen LogP contribution in [-0.4, -0.2) is 16.3 Å². The molecule has 0 spiro atoms. The molecule has 0 aromatic carbocycles. The predicted molar refractivity (Wildman–Crippen MR) is 63.5 cm³/mol. The van der Waals surface area contributed by atoms with E-state index in [1.165, 1.54) is 0 Å². The maximum atomic E-state index is 12.4. The first-order valence-electron chi connectivity index (χ1n) is 5.24. The van der Waals surface area contributed by atoms with Crippen molar-refractivity contribution in [3.8, 4) is 0 Å². The van der Waals surface area contributed by atoms with Gasteiger partial charge in [-0.25, -0.2) is 4.98 Å². The molecule has 0 aliphatic carbocycles. The van der Waals surface area contributed by atoms with Gasteiger partial charge in [-0.05, 0) is 13.8 Å². The molecular weight excluding hydrogens is 265 g/mol. The molecule has 0 aliphatic rings. The van der Waals surface area contributed by atoms with E-state index in [9.17, 15) is 18.0 Å². The molecule has 0 atom stereocenters. The highest BCUT2D eigenvalue weighted by Crippen LogP contribution is 2.37. The molecule has 0 fully saturated rings. The fourth-order valence-corrected chi connectivity index (χ4v) is 1.99. The van der Waals surface area contributed by atoms with Gasteiger partial charge in [0, 0.05) is 17.2 Å². The Bertz CT molecular complexity index is 458. The monoisotopic (exact) mass is 280 g/mol. The molecule has 1 heterocycles. The molecule has 1 aromatic rings. The van der Waals surface area contributed by atoms with Crippen molar-refractivity contribution in [2.24, 2.45) is 11.1 Å². The van der Waals surface area contributed by atoms with Crippen LogP contribution in [-0.2, 0) is 6.18 Å². The largest absolute Gasteiger partial charge is 0.443 e. The second-order valence-corrected chi connectivity index (χ2v) is 6.23. The summed E-state index contributed by atoms with van der Waals surface area (Å²) in [6.45, 7) is 6.55. The zero-order valence-corrected chi connectivity index (χ0v) is 11.4. The smallest absolute Gasteiger partial charge is 0.325 e. The van der Waals surface area contributed by atoms with E-state index in [1.807, 2.05) is 0 Å². The van der Waals surface area contributed by atoms with E-state index in [0.29, 0.717) is 11.3 Å². The van der Waals surface area contributed by atoms with Gasteiger partial charge in [0.2, 0.25) is 0 Å². The van der Waals surface area contributed by atoms with E-state index in [-0.39, 0.29) is 4.88 Å². The van der Waals surface area contributed by atoms with Crippen molar-refractivity contribution in [3.63, 3.8) is 0 Å². The van der Waals surface area contributed by atoms with E-state index in [1.54, 1.807) is 27.7 Å². The first-order chi connectivity index (χ1) is 7.87. The fourth-order valence-electron chi connectivity index (χ4n) is 1.11. The van der Waals surface area contributed by atoms with Gasteiger partial charge in [-0.3, -0.25) is 4.79 Å². The number of alkyl halides is 3. The van der Waals surface area contributed by atoms with Gasteiger partial charge in [-0.1, -0.05) is 13.8 Å². The minimum atomic E-state index is -4.52. The average molecular weight is 280 g/mol. The molecule has 102 valence electrons. The maximum Gasteiger partial charge on any atom is 0.443 e. The number of carbonyl (C=O) groups is 1. The molecule has 0 aliphatic heterocycles. The molecule has 0 amide bonds. The Kier molecular flexibility index (Phi) is 3.62. The Hall–Kier alpha value is -0.950. The number of hydrogen-bond acceptors (Lipinski definition) is 4. The zero-order chi connectivity index (χ0) is 14.4. The first-order valence-corrected chi connectivity index (χ1v) is 6.05. The summed E-state index contributed by atoms with van der Waals surface area (Å²) in [7, 11) is 0. The van der Waals surface area contributed by atoms with Gasteiger partial charge in [0.05, 0.1) is 4.88 Å². The van der Waals surface area contributed by atoms with E-state index < -0.39 is 27.9 Å². The molecule has 3 nitrogen and oxygen atoms in total. The third kappa shape index (κ3) is 2.72. The molecule has 0 bridgehead atoms. The molecule has 2 N–H and O–H groups in total. The van der Waals surface area contributed by atoms with Crippen LogP contribution in [0.3, 0.4) is 0 Å². The van der Waals surface area contributed by atoms with Crippen LogP contribution < -0.4 is 5.73 Å². The van der Waals surface area contributed by atoms with Gasteiger partial charge in [0.25, 0.3) is 0 Å². The molecule has 0 radical (unpaired) electrons. The Labute approximate surface area is 107 Å². The summed E-state index contributed by atoms with van der Waals surface area (Å²) < 4.78 is 37.2. The molecule has 1 rings (SSSR count). The van der Waals surface area contributed by atoms with Crippen LogP contribution in [0.15, 0.2) is 6.20 Å². The number of carbonyl (C=O) groups excluding carboxylic acids is 1. The van der Waals surface area contributed by atoms with Gasteiger partial charge in [-0.2, -0.15) is 13.2 Å². The van der Waals surface area contributed by atoms with Gasteiger partial charge in [0.1, 0.15) is 0 Å². The second-order valence-electron chi connectivity index (χ2n) is 5.20. The molecular formula is C11H15F3N2OS. The Morgan fingerprint density at radius 3 is 2.11 bits per heavy atom. The lowest BCUT2D eigenvalue weighted by molar-refractivity contribution is -0.137. The number of thiazole rings is 1. The van der Waals surface area contributed by atoms with Crippen molar-refractivity contribution in [2.75, 3.05) is 0 Å². The van der Waals surface area contributed by atoms with Crippen LogP contribution in [0.1, 0.15) is 42.4 Å². The van der Waals surface area contributed by atoms with Crippen LogP contribution in [0.25, 0.3) is 0 Å². The van der Waals surface area contributed by atoms with E-state index in [2.05, 4.69) is 4.98 Å². The normalized spacial score (nSPS) is 13.8. The summed E-state index contributed by atoms with van der Waals surface area (Å²) in [5, 5.41) is -1.02. The lowest BCUT2D eigenvalue weighted by Crippen LogP contribution is -2.51. The molecule has 0 unspecified atom stereocenters. The number of hydrogen-bond donors (Lipinski definition) is 1. The topological polar surface area (TPSA) is 56.0 Å². The quantitative estimate of drug-likeness (QED) is 0.865. The van der Waals surface area contributed by atoms with Crippen molar-refractivity contribution in [1.29, 1.82) is 0 Å². The highest BCUT2D eigenvalue weighted by atomic mass is 32.1. The van der Waals surface area contributed by atoms with Gasteiger partial charge in [-0.15, -0.1) is 11.3 Å².